The van der Waals surface area contributed by atoms with Gasteiger partial charge in [-0.15, -0.1) is 0 Å². The summed E-state index contributed by atoms with van der Waals surface area (Å²) in [5.41, 5.74) is 2.37. The van der Waals surface area contributed by atoms with Crippen molar-refractivity contribution in [3.63, 3.8) is 0 Å². The smallest absolute Gasteiger partial charge is 0.231 e. The van der Waals surface area contributed by atoms with Crippen LogP contribution in [0.1, 0.15) is 65.8 Å². The highest BCUT2D eigenvalue weighted by atomic mass is 16.5. The number of rotatable bonds is 12. The molecule has 10 heteroatoms. The molecule has 2 aromatic heterocycles. The largest absolute Gasteiger partial charge is 0.493 e. The van der Waals surface area contributed by atoms with E-state index in [2.05, 4.69) is 47.8 Å². The molecule has 0 spiro atoms. The fourth-order valence-corrected chi connectivity index (χ4v) is 5.42. The van der Waals surface area contributed by atoms with Crippen LogP contribution in [0.2, 0.25) is 0 Å². The van der Waals surface area contributed by atoms with E-state index in [0.29, 0.717) is 41.3 Å². The Morgan fingerprint density at radius 1 is 0.947 bits per heavy atom. The van der Waals surface area contributed by atoms with Crippen molar-refractivity contribution in [3.05, 3.63) is 18.5 Å². The molecule has 0 amide bonds. The summed E-state index contributed by atoms with van der Waals surface area (Å²) in [5, 5.41) is 6.92. The summed E-state index contributed by atoms with van der Waals surface area (Å²) < 4.78 is 18.8. The molecule has 0 aliphatic heterocycles. The van der Waals surface area contributed by atoms with Crippen molar-refractivity contribution in [3.8, 4) is 17.2 Å². The van der Waals surface area contributed by atoms with E-state index in [1.807, 2.05) is 18.5 Å². The van der Waals surface area contributed by atoms with Gasteiger partial charge in [-0.3, -0.25) is 4.90 Å². The van der Waals surface area contributed by atoms with Crippen LogP contribution in [0, 0.1) is 0 Å². The Morgan fingerprint density at radius 2 is 1.61 bits per heavy atom. The fraction of sp³-hybridized carbons (Fsp3) is 0.607. The van der Waals surface area contributed by atoms with Crippen LogP contribution in [-0.2, 0) is 0 Å². The second kappa shape index (κ2) is 12.5. The van der Waals surface area contributed by atoms with Gasteiger partial charge >= 0.3 is 0 Å². The van der Waals surface area contributed by atoms with Crippen LogP contribution in [0.15, 0.2) is 18.5 Å². The van der Waals surface area contributed by atoms with Crippen molar-refractivity contribution in [1.29, 1.82) is 0 Å². The lowest BCUT2D eigenvalue weighted by Crippen LogP contribution is -2.40. The molecule has 208 valence electrons. The van der Waals surface area contributed by atoms with Crippen molar-refractivity contribution in [1.82, 2.24) is 24.4 Å². The minimum absolute atomic E-state index is 0.405. The molecular formula is C28H43N7O3. The highest BCUT2D eigenvalue weighted by Gasteiger charge is 2.22. The van der Waals surface area contributed by atoms with E-state index >= 15 is 0 Å². The molecule has 1 aliphatic carbocycles. The quantitative estimate of drug-likeness (QED) is 0.312. The lowest BCUT2D eigenvalue weighted by molar-refractivity contribution is 0.182. The third-order valence-corrected chi connectivity index (χ3v) is 7.30. The Bertz CT molecular complexity index is 1170. The minimum Gasteiger partial charge on any atom is -0.493 e. The zero-order valence-electron chi connectivity index (χ0n) is 23.9. The molecule has 1 aliphatic rings. The van der Waals surface area contributed by atoms with Crippen molar-refractivity contribution < 1.29 is 14.2 Å². The van der Waals surface area contributed by atoms with Gasteiger partial charge in [-0.2, -0.15) is 9.97 Å². The fourth-order valence-electron chi connectivity index (χ4n) is 5.42. The number of benzene rings is 1. The Morgan fingerprint density at radius 3 is 2.18 bits per heavy atom. The maximum atomic E-state index is 5.53. The number of anilines is 3. The highest BCUT2D eigenvalue weighted by molar-refractivity contribution is 5.85. The summed E-state index contributed by atoms with van der Waals surface area (Å²) in [6.07, 6.45) is 7.98. The van der Waals surface area contributed by atoms with Crippen LogP contribution >= 0.6 is 0 Å². The standard InChI is InChI=1S/C28H43N7O3/c1-18(2)34(19(3)4)14-13-29-26-24-27(35(17-30-24)21-11-9-8-10-12-21)33-28(32-26)31-20-15-22(36-5)25(38-7)23(16-20)37-6/h15-19,21H,8-14H2,1-7H3,(H2,29,31,32,33). The van der Waals surface area contributed by atoms with Crippen LogP contribution in [-0.4, -0.2) is 70.9 Å². The van der Waals surface area contributed by atoms with Gasteiger partial charge < -0.3 is 29.4 Å². The lowest BCUT2D eigenvalue weighted by atomic mass is 9.95. The van der Waals surface area contributed by atoms with E-state index in [0.717, 1.165) is 48.6 Å². The van der Waals surface area contributed by atoms with Gasteiger partial charge in [0.15, 0.2) is 28.5 Å². The number of nitrogens with one attached hydrogen (secondary N) is 2. The Kier molecular flexibility index (Phi) is 9.14. The zero-order valence-corrected chi connectivity index (χ0v) is 23.9. The zero-order chi connectivity index (χ0) is 27.2. The molecule has 0 radical (unpaired) electrons. The first-order chi connectivity index (χ1) is 18.4. The van der Waals surface area contributed by atoms with Gasteiger partial charge in [-0.25, -0.2) is 4.98 Å². The number of nitrogens with zero attached hydrogens (tertiary/aromatic N) is 5. The molecule has 1 saturated carbocycles. The number of methoxy groups -OCH3 is 3. The SMILES string of the molecule is COc1cc(Nc2nc(NCCN(C(C)C)C(C)C)c3ncn(C4CCCCC4)c3n2)cc(OC)c1OC. The summed E-state index contributed by atoms with van der Waals surface area (Å²) >= 11 is 0. The number of fused-ring (bicyclic) bond motifs is 1. The summed E-state index contributed by atoms with van der Waals surface area (Å²) in [6.45, 7) is 10.6. The molecular weight excluding hydrogens is 482 g/mol. The van der Waals surface area contributed by atoms with Gasteiger partial charge in [0.25, 0.3) is 0 Å². The average Bonchev–Trinajstić information content (AvgIpc) is 3.34. The van der Waals surface area contributed by atoms with Crippen molar-refractivity contribution in [2.24, 2.45) is 0 Å². The molecule has 3 aromatic rings. The topological polar surface area (TPSA) is 98.6 Å². The monoisotopic (exact) mass is 525 g/mol. The molecule has 2 heterocycles. The first-order valence-electron chi connectivity index (χ1n) is 13.7. The third kappa shape index (κ3) is 6.06. The number of hydrogen-bond donors (Lipinski definition) is 2. The second-order valence-electron chi connectivity index (χ2n) is 10.4. The van der Waals surface area contributed by atoms with E-state index in [-0.39, 0.29) is 0 Å². The first-order valence-corrected chi connectivity index (χ1v) is 13.7. The predicted octanol–water partition coefficient (Wildman–Crippen LogP) is 5.63. The van der Waals surface area contributed by atoms with E-state index in [9.17, 15) is 0 Å². The van der Waals surface area contributed by atoms with Crippen LogP contribution < -0.4 is 24.8 Å². The first kappa shape index (κ1) is 27.8. The van der Waals surface area contributed by atoms with Gasteiger partial charge in [-0.05, 0) is 40.5 Å². The summed E-state index contributed by atoms with van der Waals surface area (Å²) in [7, 11) is 4.80. The normalized spacial score (nSPS) is 14.5. The Hall–Kier alpha value is -3.27. The van der Waals surface area contributed by atoms with Gasteiger partial charge in [0.05, 0.1) is 27.7 Å². The predicted molar refractivity (Wildman–Crippen MR) is 152 cm³/mol. The Balaban J connectivity index is 1.69. The minimum atomic E-state index is 0.405. The van der Waals surface area contributed by atoms with Crippen LogP contribution in [0.3, 0.4) is 0 Å². The molecule has 1 fully saturated rings. The third-order valence-electron chi connectivity index (χ3n) is 7.30. The van der Waals surface area contributed by atoms with Crippen molar-refractivity contribution in [2.45, 2.75) is 77.9 Å². The lowest BCUT2D eigenvalue weighted by Gasteiger charge is -2.30. The van der Waals surface area contributed by atoms with Crippen LogP contribution in [0.25, 0.3) is 11.2 Å². The average molecular weight is 526 g/mol. The molecule has 0 saturated heterocycles. The highest BCUT2D eigenvalue weighted by Crippen LogP contribution is 2.40. The van der Waals surface area contributed by atoms with E-state index < -0.39 is 0 Å². The van der Waals surface area contributed by atoms with Crippen molar-refractivity contribution >= 4 is 28.6 Å². The maximum Gasteiger partial charge on any atom is 0.231 e. The molecule has 0 atom stereocenters. The van der Waals surface area contributed by atoms with Gasteiger partial charge in [0.2, 0.25) is 11.7 Å². The number of hydrogen-bond acceptors (Lipinski definition) is 9. The molecule has 0 bridgehead atoms. The number of imidazole rings is 1. The van der Waals surface area contributed by atoms with Gasteiger partial charge in [0, 0.05) is 49.0 Å². The number of aromatic nitrogens is 4. The van der Waals surface area contributed by atoms with Gasteiger partial charge in [-0.1, -0.05) is 19.3 Å². The molecule has 38 heavy (non-hydrogen) atoms. The molecule has 1 aromatic carbocycles. The molecule has 0 unspecified atom stereocenters. The number of ether oxygens (including phenoxy) is 3. The molecule has 2 N–H and O–H groups in total. The molecule has 4 rings (SSSR count). The van der Waals surface area contributed by atoms with E-state index in [1.165, 1.54) is 19.3 Å². The van der Waals surface area contributed by atoms with Gasteiger partial charge in [0.1, 0.15) is 0 Å². The van der Waals surface area contributed by atoms with E-state index in [1.54, 1.807) is 21.3 Å². The molecule has 10 nitrogen and oxygen atoms in total. The van der Waals surface area contributed by atoms with Crippen LogP contribution in [0.4, 0.5) is 17.5 Å². The summed E-state index contributed by atoms with van der Waals surface area (Å²) in [5.74, 6) is 2.87. The maximum absolute atomic E-state index is 5.53. The van der Waals surface area contributed by atoms with E-state index in [4.69, 9.17) is 29.2 Å². The Labute approximate surface area is 226 Å². The van der Waals surface area contributed by atoms with Crippen LogP contribution in [0.5, 0.6) is 17.2 Å². The summed E-state index contributed by atoms with van der Waals surface area (Å²) in [6, 6.07) is 5.03. The second-order valence-corrected chi connectivity index (χ2v) is 10.4. The summed E-state index contributed by atoms with van der Waals surface area (Å²) in [4.78, 5) is 17.0. The van der Waals surface area contributed by atoms with Crippen molar-refractivity contribution in [2.75, 3.05) is 45.1 Å².